The summed E-state index contributed by atoms with van der Waals surface area (Å²) in [7, 11) is 0. The SMILES string of the molecule is c1ccc(CN(CCCCCCOC2CCCCO2)Cc2ccccc2)cc1. The topological polar surface area (TPSA) is 21.7 Å². The zero-order chi connectivity index (χ0) is 19.3. The van der Waals surface area contributed by atoms with Gasteiger partial charge in [-0.3, -0.25) is 4.90 Å². The van der Waals surface area contributed by atoms with Crippen LogP contribution in [0.4, 0.5) is 0 Å². The minimum Gasteiger partial charge on any atom is -0.353 e. The lowest BCUT2D eigenvalue weighted by Gasteiger charge is -2.23. The minimum absolute atomic E-state index is 0.0565. The van der Waals surface area contributed by atoms with Gasteiger partial charge in [-0.05, 0) is 49.8 Å². The van der Waals surface area contributed by atoms with Gasteiger partial charge in [0.1, 0.15) is 0 Å². The van der Waals surface area contributed by atoms with Crippen molar-refractivity contribution in [3.05, 3.63) is 71.8 Å². The highest BCUT2D eigenvalue weighted by Gasteiger charge is 2.13. The Morgan fingerprint density at radius 3 is 2.04 bits per heavy atom. The molecule has 0 radical (unpaired) electrons. The summed E-state index contributed by atoms with van der Waals surface area (Å²) in [6.45, 7) is 4.86. The Kier molecular flexibility index (Phi) is 9.55. The van der Waals surface area contributed by atoms with Crippen molar-refractivity contribution in [2.45, 2.75) is 64.3 Å². The molecular weight excluding hydrogens is 346 g/mol. The second kappa shape index (κ2) is 12.7. The second-order valence-electron chi connectivity index (χ2n) is 7.76. The highest BCUT2D eigenvalue weighted by Crippen LogP contribution is 2.15. The van der Waals surface area contributed by atoms with Crippen LogP contribution in [0.2, 0.25) is 0 Å². The van der Waals surface area contributed by atoms with E-state index in [0.29, 0.717) is 0 Å². The van der Waals surface area contributed by atoms with Gasteiger partial charge in [-0.15, -0.1) is 0 Å². The van der Waals surface area contributed by atoms with E-state index in [0.717, 1.165) is 45.7 Å². The predicted molar refractivity (Wildman–Crippen MR) is 115 cm³/mol. The van der Waals surface area contributed by atoms with E-state index >= 15 is 0 Å². The molecule has 3 heteroatoms. The second-order valence-corrected chi connectivity index (χ2v) is 7.76. The molecule has 1 atom stereocenters. The monoisotopic (exact) mass is 381 g/mol. The number of ether oxygens (including phenoxy) is 2. The molecule has 0 bridgehead atoms. The summed E-state index contributed by atoms with van der Waals surface area (Å²) >= 11 is 0. The van der Waals surface area contributed by atoms with Gasteiger partial charge in [0.25, 0.3) is 0 Å². The number of hydrogen-bond donors (Lipinski definition) is 0. The average Bonchev–Trinajstić information content (AvgIpc) is 2.75. The molecule has 28 heavy (non-hydrogen) atoms. The van der Waals surface area contributed by atoms with E-state index in [1.54, 1.807) is 0 Å². The highest BCUT2D eigenvalue weighted by molar-refractivity contribution is 5.17. The summed E-state index contributed by atoms with van der Waals surface area (Å²) in [6.07, 6.45) is 8.41. The van der Waals surface area contributed by atoms with Gasteiger partial charge in [0, 0.05) is 26.3 Å². The zero-order valence-electron chi connectivity index (χ0n) is 17.1. The smallest absolute Gasteiger partial charge is 0.157 e. The summed E-state index contributed by atoms with van der Waals surface area (Å²) in [4.78, 5) is 2.57. The molecule has 0 N–H and O–H groups in total. The Morgan fingerprint density at radius 2 is 1.43 bits per heavy atom. The maximum Gasteiger partial charge on any atom is 0.157 e. The molecule has 0 saturated carbocycles. The molecule has 0 aliphatic carbocycles. The first kappa shape index (κ1) is 21.0. The van der Waals surface area contributed by atoms with Crippen molar-refractivity contribution in [3.63, 3.8) is 0 Å². The Balaban J connectivity index is 1.35. The van der Waals surface area contributed by atoms with Crippen LogP contribution in [0.15, 0.2) is 60.7 Å². The number of unbranched alkanes of at least 4 members (excludes halogenated alkanes) is 3. The maximum atomic E-state index is 5.84. The maximum absolute atomic E-state index is 5.84. The van der Waals surface area contributed by atoms with Crippen molar-refractivity contribution in [1.29, 1.82) is 0 Å². The van der Waals surface area contributed by atoms with Crippen molar-refractivity contribution in [2.75, 3.05) is 19.8 Å². The molecule has 1 saturated heterocycles. The summed E-state index contributed by atoms with van der Waals surface area (Å²) in [5, 5.41) is 0. The van der Waals surface area contributed by atoms with Crippen molar-refractivity contribution >= 4 is 0 Å². The van der Waals surface area contributed by atoms with E-state index in [9.17, 15) is 0 Å². The van der Waals surface area contributed by atoms with Gasteiger partial charge in [-0.25, -0.2) is 0 Å². The molecule has 1 unspecified atom stereocenters. The summed E-state index contributed by atoms with van der Waals surface area (Å²) < 4.78 is 11.5. The fourth-order valence-electron chi connectivity index (χ4n) is 3.75. The number of rotatable bonds is 12. The standard InChI is InChI=1S/C25H35NO2/c1(2-11-19-27-25-17-9-12-20-28-25)10-18-26(21-23-13-5-3-6-14-23)22-24-15-7-4-8-16-24/h3-8,13-16,25H,1-2,9-12,17-22H2. The van der Waals surface area contributed by atoms with Gasteiger partial charge < -0.3 is 9.47 Å². The van der Waals surface area contributed by atoms with E-state index in [1.807, 2.05) is 0 Å². The van der Waals surface area contributed by atoms with E-state index in [-0.39, 0.29) is 6.29 Å². The molecule has 2 aromatic rings. The third-order valence-corrected chi connectivity index (χ3v) is 5.31. The number of nitrogens with zero attached hydrogens (tertiary/aromatic N) is 1. The first-order valence-electron chi connectivity index (χ1n) is 10.9. The van der Waals surface area contributed by atoms with Crippen molar-refractivity contribution < 1.29 is 9.47 Å². The van der Waals surface area contributed by atoms with Crippen LogP contribution in [0.1, 0.15) is 56.1 Å². The molecule has 0 spiro atoms. The van der Waals surface area contributed by atoms with Crippen LogP contribution < -0.4 is 0 Å². The normalized spacial score (nSPS) is 17.1. The molecule has 152 valence electrons. The van der Waals surface area contributed by atoms with Crippen molar-refractivity contribution in [3.8, 4) is 0 Å². The molecule has 3 nitrogen and oxygen atoms in total. The molecule has 3 rings (SSSR count). The van der Waals surface area contributed by atoms with Crippen LogP contribution in [-0.4, -0.2) is 30.9 Å². The lowest BCUT2D eigenvalue weighted by atomic mass is 10.1. The summed E-state index contributed by atoms with van der Waals surface area (Å²) in [5.41, 5.74) is 2.78. The fraction of sp³-hybridized carbons (Fsp3) is 0.520. The number of benzene rings is 2. The fourth-order valence-corrected chi connectivity index (χ4v) is 3.75. The molecule has 0 amide bonds. The van der Waals surface area contributed by atoms with Crippen LogP contribution in [-0.2, 0) is 22.6 Å². The Bertz CT molecular complexity index is 584. The quantitative estimate of drug-likeness (QED) is 0.434. The van der Waals surface area contributed by atoms with Gasteiger partial charge >= 0.3 is 0 Å². The minimum atomic E-state index is 0.0565. The lowest BCUT2D eigenvalue weighted by molar-refractivity contribution is -0.162. The van der Waals surface area contributed by atoms with Gasteiger partial charge in [-0.1, -0.05) is 73.5 Å². The Labute approximate surface area is 170 Å². The largest absolute Gasteiger partial charge is 0.353 e. The van der Waals surface area contributed by atoms with Gasteiger partial charge in [0.15, 0.2) is 6.29 Å². The summed E-state index contributed by atoms with van der Waals surface area (Å²) in [5.74, 6) is 0. The lowest BCUT2D eigenvalue weighted by Crippen LogP contribution is -2.24. The van der Waals surface area contributed by atoms with Gasteiger partial charge in [0.05, 0.1) is 0 Å². The third-order valence-electron chi connectivity index (χ3n) is 5.31. The molecule has 2 aromatic carbocycles. The third kappa shape index (κ3) is 8.14. The van der Waals surface area contributed by atoms with Crippen LogP contribution in [0.3, 0.4) is 0 Å². The predicted octanol–water partition coefficient (Wildman–Crippen LogP) is 5.79. The number of hydrogen-bond acceptors (Lipinski definition) is 3. The Hall–Kier alpha value is -1.68. The van der Waals surface area contributed by atoms with Crippen molar-refractivity contribution in [1.82, 2.24) is 4.90 Å². The van der Waals surface area contributed by atoms with E-state index in [1.165, 1.54) is 43.2 Å². The molecule has 0 aromatic heterocycles. The van der Waals surface area contributed by atoms with Gasteiger partial charge in [0.2, 0.25) is 0 Å². The average molecular weight is 382 g/mol. The van der Waals surface area contributed by atoms with E-state index < -0.39 is 0 Å². The molecular formula is C25H35NO2. The molecule has 1 fully saturated rings. The first-order chi connectivity index (χ1) is 13.9. The summed E-state index contributed by atoms with van der Waals surface area (Å²) in [6, 6.07) is 21.6. The van der Waals surface area contributed by atoms with E-state index in [4.69, 9.17) is 9.47 Å². The van der Waals surface area contributed by atoms with Crippen LogP contribution in [0, 0.1) is 0 Å². The first-order valence-corrected chi connectivity index (χ1v) is 10.9. The zero-order valence-corrected chi connectivity index (χ0v) is 17.1. The molecule has 1 aliphatic rings. The highest BCUT2D eigenvalue weighted by atomic mass is 16.7. The van der Waals surface area contributed by atoms with E-state index in [2.05, 4.69) is 65.6 Å². The van der Waals surface area contributed by atoms with Crippen molar-refractivity contribution in [2.24, 2.45) is 0 Å². The Morgan fingerprint density at radius 1 is 0.786 bits per heavy atom. The van der Waals surface area contributed by atoms with Crippen LogP contribution in [0.25, 0.3) is 0 Å². The molecule has 1 heterocycles. The van der Waals surface area contributed by atoms with Gasteiger partial charge in [-0.2, -0.15) is 0 Å². The van der Waals surface area contributed by atoms with Crippen LogP contribution in [0.5, 0.6) is 0 Å². The molecule has 1 aliphatic heterocycles. The van der Waals surface area contributed by atoms with Crippen LogP contribution >= 0.6 is 0 Å².